The minimum Gasteiger partial charge on any atom is -0.465 e. The first-order valence-corrected chi connectivity index (χ1v) is 6.12. The number of rotatable bonds is 2. The predicted molar refractivity (Wildman–Crippen MR) is 65.6 cm³/mol. The number of carbonyl (C=O) groups excluding carboxylic acids is 1. The molecule has 1 aliphatic rings. The molecule has 0 aliphatic heterocycles. The van der Waals surface area contributed by atoms with Gasteiger partial charge in [0.15, 0.2) is 0 Å². The average Bonchev–Trinajstić information content (AvgIpc) is 2.39. The highest BCUT2D eigenvalue weighted by atomic mass is 16.5. The van der Waals surface area contributed by atoms with Gasteiger partial charge in [-0.15, -0.1) is 0 Å². The first-order valence-electron chi connectivity index (χ1n) is 6.12. The number of aromatic nitrogens is 1. The first kappa shape index (κ1) is 12.8. The van der Waals surface area contributed by atoms with Gasteiger partial charge in [0.05, 0.1) is 19.3 Å². The van der Waals surface area contributed by atoms with Crippen LogP contribution in [0, 0.1) is 0 Å². The number of aliphatic hydroxyl groups excluding tert-OH is 1. The highest BCUT2D eigenvalue weighted by Gasteiger charge is 2.26. The molecule has 0 spiro atoms. The molecule has 0 radical (unpaired) electrons. The second-order valence-electron chi connectivity index (χ2n) is 4.55. The summed E-state index contributed by atoms with van der Waals surface area (Å²) in [6, 6.07) is 2.84. The Morgan fingerprint density at radius 3 is 2.83 bits per heavy atom. The van der Waals surface area contributed by atoms with Crippen LogP contribution in [-0.4, -0.2) is 28.9 Å². The van der Waals surface area contributed by atoms with Crippen LogP contribution >= 0.6 is 0 Å². The highest BCUT2D eigenvalue weighted by molar-refractivity contribution is 5.88. The molecule has 0 amide bonds. The van der Waals surface area contributed by atoms with Gasteiger partial charge in [-0.25, -0.2) is 4.79 Å². The van der Waals surface area contributed by atoms with Crippen molar-refractivity contribution in [3.05, 3.63) is 34.2 Å². The van der Waals surface area contributed by atoms with Gasteiger partial charge in [0.1, 0.15) is 5.56 Å². The van der Waals surface area contributed by atoms with E-state index >= 15 is 0 Å². The maximum absolute atomic E-state index is 12.2. The summed E-state index contributed by atoms with van der Waals surface area (Å²) in [6.45, 7) is 0. The number of hydrogen-bond donors (Lipinski definition) is 1. The molecule has 0 unspecified atom stereocenters. The molecule has 0 saturated heterocycles. The minimum atomic E-state index is -0.639. The summed E-state index contributed by atoms with van der Waals surface area (Å²) in [6.07, 6.45) is 4.50. The summed E-state index contributed by atoms with van der Waals surface area (Å²) in [4.78, 5) is 23.6. The van der Waals surface area contributed by atoms with Crippen molar-refractivity contribution in [3.8, 4) is 0 Å². The zero-order valence-corrected chi connectivity index (χ0v) is 10.3. The smallest absolute Gasteiger partial charge is 0.343 e. The maximum atomic E-state index is 12.2. The fourth-order valence-electron chi connectivity index (χ4n) is 2.45. The van der Waals surface area contributed by atoms with Crippen LogP contribution in [0.15, 0.2) is 23.1 Å². The van der Waals surface area contributed by atoms with E-state index in [-0.39, 0.29) is 11.6 Å². The lowest BCUT2D eigenvalue weighted by atomic mass is 9.92. The van der Waals surface area contributed by atoms with Crippen LogP contribution in [0.5, 0.6) is 0 Å². The zero-order chi connectivity index (χ0) is 13.1. The second-order valence-corrected chi connectivity index (χ2v) is 4.55. The number of carbonyl (C=O) groups is 1. The van der Waals surface area contributed by atoms with Crippen LogP contribution in [0.3, 0.4) is 0 Å². The third kappa shape index (κ3) is 2.31. The van der Waals surface area contributed by atoms with Crippen molar-refractivity contribution >= 4 is 5.97 Å². The van der Waals surface area contributed by atoms with Crippen LogP contribution in [0.2, 0.25) is 0 Å². The molecule has 18 heavy (non-hydrogen) atoms. The largest absolute Gasteiger partial charge is 0.465 e. The Morgan fingerprint density at radius 2 is 2.17 bits per heavy atom. The summed E-state index contributed by atoms with van der Waals surface area (Å²) in [5.74, 6) is -0.639. The summed E-state index contributed by atoms with van der Waals surface area (Å²) < 4.78 is 6.03. The van der Waals surface area contributed by atoms with Gasteiger partial charge < -0.3 is 14.4 Å². The van der Waals surface area contributed by atoms with Gasteiger partial charge >= 0.3 is 5.97 Å². The van der Waals surface area contributed by atoms with E-state index in [2.05, 4.69) is 4.74 Å². The molecule has 1 aromatic heterocycles. The van der Waals surface area contributed by atoms with Crippen molar-refractivity contribution < 1.29 is 14.6 Å². The van der Waals surface area contributed by atoms with Crippen molar-refractivity contribution in [1.82, 2.24) is 4.57 Å². The van der Waals surface area contributed by atoms with E-state index in [0.717, 1.165) is 19.3 Å². The van der Waals surface area contributed by atoms with Crippen LogP contribution in [-0.2, 0) is 4.74 Å². The van der Waals surface area contributed by atoms with Crippen molar-refractivity contribution in [1.29, 1.82) is 0 Å². The fourth-order valence-corrected chi connectivity index (χ4v) is 2.45. The Labute approximate surface area is 105 Å². The van der Waals surface area contributed by atoms with Crippen molar-refractivity contribution in [2.24, 2.45) is 0 Å². The number of esters is 1. The van der Waals surface area contributed by atoms with E-state index in [0.29, 0.717) is 6.42 Å². The van der Waals surface area contributed by atoms with E-state index in [1.54, 1.807) is 12.3 Å². The normalized spacial score (nSPS) is 23.7. The Balaban J connectivity index is 2.39. The van der Waals surface area contributed by atoms with Crippen LogP contribution in [0.1, 0.15) is 42.1 Å². The number of nitrogens with zero attached hydrogens (tertiary/aromatic N) is 1. The van der Waals surface area contributed by atoms with Gasteiger partial charge in [0.2, 0.25) is 0 Å². The molecule has 1 N–H and O–H groups in total. The monoisotopic (exact) mass is 251 g/mol. The number of pyridine rings is 1. The Bertz CT molecular complexity index is 494. The minimum absolute atomic E-state index is 0.0118. The van der Waals surface area contributed by atoms with E-state index < -0.39 is 17.6 Å². The molecular formula is C13H17NO4. The van der Waals surface area contributed by atoms with E-state index in [9.17, 15) is 14.7 Å². The van der Waals surface area contributed by atoms with Crippen LogP contribution in [0.25, 0.3) is 0 Å². The van der Waals surface area contributed by atoms with Crippen molar-refractivity contribution in [2.75, 3.05) is 7.11 Å². The van der Waals surface area contributed by atoms with E-state index in [4.69, 9.17) is 0 Å². The summed E-state index contributed by atoms with van der Waals surface area (Å²) in [5, 5.41) is 9.96. The Kier molecular flexibility index (Phi) is 3.81. The molecule has 1 fully saturated rings. The number of hydrogen-bond acceptors (Lipinski definition) is 4. The Morgan fingerprint density at radius 1 is 1.44 bits per heavy atom. The molecule has 2 atom stereocenters. The van der Waals surface area contributed by atoms with Gasteiger partial charge in [0.25, 0.3) is 5.56 Å². The molecule has 1 aromatic rings. The van der Waals surface area contributed by atoms with Gasteiger partial charge in [-0.05, 0) is 25.0 Å². The standard InChI is InChI=1S/C13H17NO4/c1-18-13(17)9-5-4-8-14(12(9)16)10-6-2-3-7-11(10)15/h4-5,8,10-11,15H,2-3,6-7H2,1H3/t10-,11+/m0/s1. The molecule has 98 valence electrons. The molecule has 1 heterocycles. The summed E-state index contributed by atoms with van der Waals surface area (Å²) >= 11 is 0. The number of methoxy groups -OCH3 is 1. The van der Waals surface area contributed by atoms with Gasteiger partial charge in [-0.3, -0.25) is 4.79 Å². The maximum Gasteiger partial charge on any atom is 0.343 e. The molecule has 1 aliphatic carbocycles. The third-order valence-electron chi connectivity index (χ3n) is 3.43. The van der Waals surface area contributed by atoms with Gasteiger partial charge in [-0.2, -0.15) is 0 Å². The van der Waals surface area contributed by atoms with E-state index in [1.165, 1.54) is 17.7 Å². The molecular weight excluding hydrogens is 234 g/mol. The van der Waals surface area contributed by atoms with Crippen molar-refractivity contribution in [3.63, 3.8) is 0 Å². The number of aliphatic hydroxyl groups is 1. The lowest BCUT2D eigenvalue weighted by Crippen LogP contribution is -2.36. The zero-order valence-electron chi connectivity index (χ0n) is 10.3. The topological polar surface area (TPSA) is 68.5 Å². The number of ether oxygens (including phenoxy) is 1. The van der Waals surface area contributed by atoms with E-state index in [1.807, 2.05) is 0 Å². The van der Waals surface area contributed by atoms with Crippen LogP contribution < -0.4 is 5.56 Å². The summed E-state index contributed by atoms with van der Waals surface area (Å²) in [5.41, 5.74) is -0.381. The molecule has 0 aromatic carbocycles. The van der Waals surface area contributed by atoms with Crippen LogP contribution in [0.4, 0.5) is 0 Å². The fraction of sp³-hybridized carbons (Fsp3) is 0.538. The van der Waals surface area contributed by atoms with Gasteiger partial charge in [0, 0.05) is 6.20 Å². The van der Waals surface area contributed by atoms with Gasteiger partial charge in [-0.1, -0.05) is 12.8 Å². The average molecular weight is 251 g/mol. The molecule has 1 saturated carbocycles. The molecule has 5 nitrogen and oxygen atoms in total. The second kappa shape index (κ2) is 5.35. The lowest BCUT2D eigenvalue weighted by Gasteiger charge is -2.29. The highest BCUT2D eigenvalue weighted by Crippen LogP contribution is 2.27. The molecule has 5 heteroatoms. The molecule has 0 bridgehead atoms. The predicted octanol–water partition coefficient (Wildman–Crippen LogP) is 1.11. The molecule has 2 rings (SSSR count). The third-order valence-corrected chi connectivity index (χ3v) is 3.43. The summed E-state index contributed by atoms with van der Waals surface area (Å²) in [7, 11) is 1.24. The quantitative estimate of drug-likeness (QED) is 0.799. The SMILES string of the molecule is COC(=O)c1cccn([C@H]2CCCC[C@H]2O)c1=O. The lowest BCUT2D eigenvalue weighted by molar-refractivity contribution is 0.0587. The first-order chi connectivity index (χ1) is 8.65. The van der Waals surface area contributed by atoms with Crippen molar-refractivity contribution in [2.45, 2.75) is 37.8 Å². The Hall–Kier alpha value is -1.62.